The second-order valence-corrected chi connectivity index (χ2v) is 11.2. The third kappa shape index (κ3) is 5.84. The lowest BCUT2D eigenvalue weighted by atomic mass is 9.62. The number of quaternary nitrogens is 2. The molecule has 5 heterocycles. The molecule has 0 bridgehead atoms. The Hall–Kier alpha value is -3.93. The first kappa shape index (κ1) is 35.3. The predicted octanol–water partition coefficient (Wildman–Crippen LogP) is 3.45. The molecule has 0 aliphatic carbocycles. The Balaban J connectivity index is 0.000000275. The highest BCUT2D eigenvalue weighted by molar-refractivity contribution is 6.71. The molecule has 13 heteroatoms. The van der Waals surface area contributed by atoms with Crippen molar-refractivity contribution in [1.82, 2.24) is 0 Å². The lowest BCUT2D eigenvalue weighted by Gasteiger charge is -2.38. The SMILES string of the molecule is C.C.C.C.C[N+]12CC(=O)O[B-]1(/C=C/c1ccccc1)OC(=O)C2.C[N+]12CC(=O)O[B-]1(C1OC1c1ccccc1)OC(=O)C2. The van der Waals surface area contributed by atoms with E-state index >= 15 is 0 Å². The molecule has 2 unspecified atom stereocenters. The van der Waals surface area contributed by atoms with Crippen LogP contribution in [0, 0.1) is 0 Å². The molecular weight excluding hydrogens is 554 g/mol. The quantitative estimate of drug-likeness (QED) is 0.386. The van der Waals surface area contributed by atoms with Crippen molar-refractivity contribution in [3.8, 4) is 0 Å². The summed E-state index contributed by atoms with van der Waals surface area (Å²) in [4.78, 5) is 46.4. The second kappa shape index (κ2) is 12.4. The van der Waals surface area contributed by atoms with Crippen LogP contribution in [0.25, 0.3) is 6.08 Å². The Labute approximate surface area is 254 Å². The first-order chi connectivity index (χ1) is 18.6. The van der Waals surface area contributed by atoms with Crippen LogP contribution in [0.4, 0.5) is 0 Å². The second-order valence-electron chi connectivity index (χ2n) is 11.2. The maximum atomic E-state index is 11.7. The molecule has 0 amide bonds. The maximum absolute atomic E-state index is 11.7. The van der Waals surface area contributed by atoms with E-state index in [1.165, 1.54) is 0 Å². The van der Waals surface area contributed by atoms with Gasteiger partial charge in [-0.25, -0.2) is 0 Å². The maximum Gasteiger partial charge on any atom is 0.614 e. The minimum atomic E-state index is -2.09. The highest BCUT2D eigenvalue weighted by Gasteiger charge is 2.76. The van der Waals surface area contributed by atoms with Crippen molar-refractivity contribution in [2.75, 3.05) is 40.3 Å². The zero-order valence-corrected chi connectivity index (χ0v) is 21.6. The van der Waals surface area contributed by atoms with E-state index in [0.717, 1.165) is 11.1 Å². The van der Waals surface area contributed by atoms with Gasteiger partial charge < -0.3 is 32.1 Å². The smallest absolute Gasteiger partial charge is 0.598 e. The van der Waals surface area contributed by atoms with Gasteiger partial charge in [0.05, 0.1) is 6.10 Å². The number of epoxide rings is 1. The Morgan fingerprint density at radius 3 is 1.60 bits per heavy atom. The van der Waals surface area contributed by atoms with E-state index in [4.69, 9.17) is 23.4 Å². The van der Waals surface area contributed by atoms with Gasteiger partial charge >= 0.3 is 37.3 Å². The fourth-order valence-corrected chi connectivity index (χ4v) is 6.19. The van der Waals surface area contributed by atoms with Gasteiger partial charge in [0.1, 0.15) is 32.2 Å². The number of rotatable bonds is 4. The number of fused-ring (bicyclic) bond motifs is 2. The molecule has 0 saturated carbocycles. The highest BCUT2D eigenvalue weighted by atomic mass is 16.7. The van der Waals surface area contributed by atoms with Gasteiger partial charge in [-0.15, -0.1) is 0 Å². The number of likely N-dealkylation sites (N-methyl/N-ethyl adjacent to an activating group) is 2. The summed E-state index contributed by atoms with van der Waals surface area (Å²) in [6, 6.07) is 18.9. The number of benzene rings is 2. The van der Waals surface area contributed by atoms with Crippen LogP contribution in [0.5, 0.6) is 0 Å². The van der Waals surface area contributed by atoms with E-state index < -0.39 is 13.4 Å². The lowest BCUT2D eigenvalue weighted by Crippen LogP contribution is -2.64. The molecule has 5 saturated heterocycles. The first-order valence-electron chi connectivity index (χ1n) is 12.9. The zero-order valence-electron chi connectivity index (χ0n) is 21.6. The fraction of sp³-hybridized carbons (Fsp3) is 0.400. The fourth-order valence-electron chi connectivity index (χ4n) is 6.19. The molecule has 0 N–H and O–H groups in total. The van der Waals surface area contributed by atoms with Crippen LogP contribution in [0.3, 0.4) is 0 Å². The number of nitrogens with zero attached hydrogens (tertiary/aromatic N) is 2. The van der Waals surface area contributed by atoms with Gasteiger partial charge in [-0.3, -0.25) is 19.2 Å². The molecule has 0 spiro atoms. The van der Waals surface area contributed by atoms with E-state index in [2.05, 4.69) is 0 Å². The summed E-state index contributed by atoms with van der Waals surface area (Å²) in [5, 5.41) is 0. The molecule has 0 aromatic heterocycles. The number of hydrogen-bond donors (Lipinski definition) is 0. The summed E-state index contributed by atoms with van der Waals surface area (Å²) >= 11 is 0. The molecule has 43 heavy (non-hydrogen) atoms. The molecule has 11 nitrogen and oxygen atoms in total. The molecule has 5 aliphatic rings. The van der Waals surface area contributed by atoms with E-state index in [1.807, 2.05) is 80.8 Å². The van der Waals surface area contributed by atoms with Crippen LogP contribution in [-0.2, 0) is 42.5 Å². The van der Waals surface area contributed by atoms with Crippen molar-refractivity contribution in [1.29, 1.82) is 0 Å². The standard InChI is InChI=1S/C13H14BNO5.C13H14BNO4.4CH4/c1-15-7-10(16)19-14(15,20-11(17)8-15)13-12(18-13)9-5-3-2-4-6-9;1-15-9-12(16)18-14(15,19-13(17)10-15)8-7-11-5-3-2-4-6-11;;;;/h2-6,12-13H,7-8H2,1H3;2-8H,9-10H2,1H3;4*1H4/b;8-7+;;;;. The molecule has 234 valence electrons. The minimum absolute atomic E-state index is 0. The minimum Gasteiger partial charge on any atom is -0.598 e. The van der Waals surface area contributed by atoms with Crippen molar-refractivity contribution in [2.45, 2.75) is 41.8 Å². The summed E-state index contributed by atoms with van der Waals surface area (Å²) in [5.41, 5.74) is 1.97. The third-order valence-electron chi connectivity index (χ3n) is 8.30. The summed E-state index contributed by atoms with van der Waals surface area (Å²) in [5.74, 6) is 0.399. The summed E-state index contributed by atoms with van der Waals surface area (Å²) < 4.78 is 27.6. The molecule has 0 radical (unpaired) electrons. The largest absolute Gasteiger partial charge is 0.614 e. The van der Waals surface area contributed by atoms with E-state index in [1.54, 1.807) is 5.98 Å². The van der Waals surface area contributed by atoms with Crippen LogP contribution < -0.4 is 0 Å². The average molecular weight is 598 g/mol. The molecule has 5 fully saturated rings. The highest BCUT2D eigenvalue weighted by Crippen LogP contribution is 2.51. The van der Waals surface area contributed by atoms with Gasteiger partial charge in [0.15, 0.2) is 0 Å². The summed E-state index contributed by atoms with van der Waals surface area (Å²) in [6.07, 6.45) is 1.65. The average Bonchev–Trinajstić information content (AvgIpc) is 3.45. The van der Waals surface area contributed by atoms with Gasteiger partial charge in [-0.2, -0.15) is 0 Å². The number of hydrogen-bond acceptors (Lipinski definition) is 9. The van der Waals surface area contributed by atoms with Crippen LogP contribution >= 0.6 is 0 Å². The Morgan fingerprint density at radius 2 is 1.09 bits per heavy atom. The normalized spacial score (nSPS) is 34.3. The zero-order chi connectivity index (χ0) is 27.5. The van der Waals surface area contributed by atoms with Crippen LogP contribution in [0.2, 0.25) is 0 Å². The van der Waals surface area contributed by atoms with E-state index in [9.17, 15) is 19.2 Å². The van der Waals surface area contributed by atoms with Crippen molar-refractivity contribution in [3.63, 3.8) is 0 Å². The molecule has 2 aromatic rings. The Kier molecular flexibility index (Phi) is 10.1. The lowest BCUT2D eigenvalue weighted by molar-refractivity contribution is -0.794. The Bertz CT molecular complexity index is 1350. The first-order valence-corrected chi connectivity index (χ1v) is 12.9. The molecular formula is C30H44B2N2O9. The van der Waals surface area contributed by atoms with Crippen molar-refractivity contribution < 1.29 is 51.3 Å². The van der Waals surface area contributed by atoms with Crippen molar-refractivity contribution in [2.24, 2.45) is 0 Å². The van der Waals surface area contributed by atoms with Crippen LogP contribution in [-0.4, -0.2) is 92.3 Å². The predicted molar refractivity (Wildman–Crippen MR) is 164 cm³/mol. The van der Waals surface area contributed by atoms with E-state index in [0.29, 0.717) is 0 Å². The summed E-state index contributed by atoms with van der Waals surface area (Å²) in [6.45, 7) is -3.48. The van der Waals surface area contributed by atoms with Gasteiger partial charge in [-0.05, 0) is 11.1 Å². The van der Waals surface area contributed by atoms with Crippen LogP contribution in [0.15, 0.2) is 66.6 Å². The molecule has 2 atom stereocenters. The van der Waals surface area contributed by atoms with Crippen LogP contribution in [0.1, 0.15) is 46.9 Å². The molecule has 7 rings (SSSR count). The van der Waals surface area contributed by atoms with Crippen molar-refractivity contribution >= 4 is 43.3 Å². The van der Waals surface area contributed by atoms with Crippen molar-refractivity contribution in [3.05, 3.63) is 77.8 Å². The Morgan fingerprint density at radius 1 is 0.651 bits per heavy atom. The molecule has 2 aromatic carbocycles. The third-order valence-corrected chi connectivity index (χ3v) is 8.30. The number of ether oxygens (including phenoxy) is 1. The topological polar surface area (TPSA) is 118 Å². The monoisotopic (exact) mass is 598 g/mol. The number of carbonyl (C=O) groups excluding carboxylic acids is 4. The van der Waals surface area contributed by atoms with E-state index in [-0.39, 0.29) is 101 Å². The summed E-state index contributed by atoms with van der Waals surface area (Å²) in [7, 11) is 3.63. The van der Waals surface area contributed by atoms with Gasteiger partial charge in [0, 0.05) is 14.1 Å². The van der Waals surface area contributed by atoms with Gasteiger partial charge in [-0.1, -0.05) is 102 Å². The van der Waals surface area contributed by atoms with Gasteiger partial charge in [0.25, 0.3) is 0 Å². The number of carbonyl (C=O) groups is 4. The van der Waals surface area contributed by atoms with Gasteiger partial charge in [0.2, 0.25) is 0 Å². The molecule has 5 aliphatic heterocycles.